The minimum atomic E-state index is -1.05. The number of amides is 1. The van der Waals surface area contributed by atoms with Gasteiger partial charge in [0.15, 0.2) is 0 Å². The largest absolute Gasteiger partial charge is 0.480 e. The molecule has 0 aromatic heterocycles. The van der Waals surface area contributed by atoms with E-state index < -0.39 is 11.4 Å². The van der Waals surface area contributed by atoms with Gasteiger partial charge in [-0.1, -0.05) is 78.9 Å². The van der Waals surface area contributed by atoms with E-state index in [-0.39, 0.29) is 12.5 Å². The first kappa shape index (κ1) is 16.1. The summed E-state index contributed by atoms with van der Waals surface area (Å²) >= 11 is 0. The number of para-hydroxylation sites is 1. The zero-order valence-electron chi connectivity index (χ0n) is 14.0. The van der Waals surface area contributed by atoms with Crippen LogP contribution >= 0.6 is 0 Å². The lowest BCUT2D eigenvalue weighted by Gasteiger charge is -2.30. The molecule has 0 spiro atoms. The summed E-state index contributed by atoms with van der Waals surface area (Å²) in [6, 6.07) is 26.5. The van der Waals surface area contributed by atoms with Crippen LogP contribution in [0.2, 0.25) is 0 Å². The third kappa shape index (κ3) is 2.23. The first-order valence-electron chi connectivity index (χ1n) is 8.40. The van der Waals surface area contributed by atoms with E-state index in [1.165, 1.54) is 4.90 Å². The molecule has 0 fully saturated rings. The van der Waals surface area contributed by atoms with Gasteiger partial charge in [-0.25, -0.2) is 0 Å². The van der Waals surface area contributed by atoms with Crippen molar-refractivity contribution >= 4 is 17.6 Å². The number of benzene rings is 3. The third-order valence-corrected chi connectivity index (χ3v) is 4.87. The van der Waals surface area contributed by atoms with E-state index in [1.54, 1.807) is 0 Å². The summed E-state index contributed by atoms with van der Waals surface area (Å²) in [7, 11) is 0. The predicted molar refractivity (Wildman–Crippen MR) is 99.2 cm³/mol. The molecule has 1 heterocycles. The van der Waals surface area contributed by atoms with Crippen molar-refractivity contribution in [2.75, 3.05) is 11.4 Å². The highest BCUT2D eigenvalue weighted by atomic mass is 16.4. The van der Waals surface area contributed by atoms with E-state index in [4.69, 9.17) is 0 Å². The molecule has 0 atom stereocenters. The molecule has 3 aromatic rings. The molecule has 1 N–H and O–H groups in total. The number of rotatable bonds is 4. The molecule has 26 heavy (non-hydrogen) atoms. The van der Waals surface area contributed by atoms with Crippen molar-refractivity contribution in [1.82, 2.24) is 0 Å². The fraction of sp³-hybridized carbons (Fsp3) is 0.0909. The van der Waals surface area contributed by atoms with Crippen LogP contribution in [0.25, 0.3) is 0 Å². The lowest BCUT2D eigenvalue weighted by atomic mass is 9.70. The van der Waals surface area contributed by atoms with Crippen molar-refractivity contribution in [3.8, 4) is 0 Å². The minimum Gasteiger partial charge on any atom is -0.480 e. The van der Waals surface area contributed by atoms with Crippen LogP contribution in [-0.2, 0) is 15.0 Å². The minimum absolute atomic E-state index is 0.237. The van der Waals surface area contributed by atoms with Gasteiger partial charge < -0.3 is 5.11 Å². The Morgan fingerprint density at radius 3 is 1.85 bits per heavy atom. The van der Waals surface area contributed by atoms with E-state index >= 15 is 0 Å². The van der Waals surface area contributed by atoms with E-state index in [0.717, 1.165) is 16.7 Å². The molecular formula is C22H17NO3. The van der Waals surface area contributed by atoms with Crippen LogP contribution in [-0.4, -0.2) is 23.5 Å². The Balaban J connectivity index is 2.06. The summed E-state index contributed by atoms with van der Waals surface area (Å²) in [5.41, 5.74) is 2.07. The molecule has 0 saturated heterocycles. The summed E-state index contributed by atoms with van der Waals surface area (Å²) in [6.45, 7) is -0.364. The van der Waals surface area contributed by atoms with Gasteiger partial charge >= 0.3 is 5.97 Å². The first-order chi connectivity index (χ1) is 12.7. The van der Waals surface area contributed by atoms with Crippen LogP contribution in [0.1, 0.15) is 16.7 Å². The number of carbonyl (C=O) groups excluding carboxylic acids is 1. The molecule has 0 aliphatic carbocycles. The second-order valence-electron chi connectivity index (χ2n) is 6.28. The van der Waals surface area contributed by atoms with Crippen LogP contribution in [0.3, 0.4) is 0 Å². The first-order valence-corrected chi connectivity index (χ1v) is 8.40. The molecule has 0 radical (unpaired) electrons. The van der Waals surface area contributed by atoms with Gasteiger partial charge in [0, 0.05) is 11.3 Å². The normalized spacial score (nSPS) is 14.9. The topological polar surface area (TPSA) is 57.6 Å². The summed E-state index contributed by atoms with van der Waals surface area (Å²) in [5.74, 6) is -1.27. The second kappa shape index (κ2) is 6.15. The third-order valence-electron chi connectivity index (χ3n) is 4.87. The van der Waals surface area contributed by atoms with Gasteiger partial charge in [0.1, 0.15) is 12.0 Å². The Morgan fingerprint density at radius 2 is 1.31 bits per heavy atom. The van der Waals surface area contributed by atoms with E-state index in [1.807, 2.05) is 84.9 Å². The number of fused-ring (bicyclic) bond motifs is 1. The molecule has 0 unspecified atom stereocenters. The highest BCUT2D eigenvalue weighted by Crippen LogP contribution is 2.50. The highest BCUT2D eigenvalue weighted by Gasteiger charge is 2.53. The number of hydrogen-bond donors (Lipinski definition) is 1. The van der Waals surface area contributed by atoms with Crippen molar-refractivity contribution in [3.05, 3.63) is 102 Å². The smallest absolute Gasteiger partial charge is 0.323 e. The average molecular weight is 343 g/mol. The molecular weight excluding hydrogens is 326 g/mol. The lowest BCUT2D eigenvalue weighted by Crippen LogP contribution is -2.44. The van der Waals surface area contributed by atoms with Gasteiger partial charge in [0.2, 0.25) is 5.91 Å². The summed E-state index contributed by atoms with van der Waals surface area (Å²) in [5, 5.41) is 9.33. The average Bonchev–Trinajstić information content (AvgIpc) is 2.92. The van der Waals surface area contributed by atoms with E-state index in [0.29, 0.717) is 5.69 Å². The Morgan fingerprint density at radius 1 is 0.808 bits per heavy atom. The maximum Gasteiger partial charge on any atom is 0.323 e. The van der Waals surface area contributed by atoms with Gasteiger partial charge in [-0.3, -0.25) is 14.5 Å². The fourth-order valence-corrected chi connectivity index (χ4v) is 3.85. The molecule has 1 aliphatic heterocycles. The van der Waals surface area contributed by atoms with Crippen molar-refractivity contribution in [2.45, 2.75) is 5.41 Å². The molecule has 0 bridgehead atoms. The van der Waals surface area contributed by atoms with Crippen molar-refractivity contribution < 1.29 is 14.7 Å². The fourth-order valence-electron chi connectivity index (χ4n) is 3.85. The van der Waals surface area contributed by atoms with Crippen molar-refractivity contribution in [1.29, 1.82) is 0 Å². The Labute approximate surface area is 151 Å². The summed E-state index contributed by atoms with van der Waals surface area (Å²) in [4.78, 5) is 26.5. The summed E-state index contributed by atoms with van der Waals surface area (Å²) < 4.78 is 0. The van der Waals surface area contributed by atoms with Gasteiger partial charge in [-0.15, -0.1) is 0 Å². The van der Waals surface area contributed by atoms with Gasteiger partial charge in [-0.05, 0) is 17.2 Å². The van der Waals surface area contributed by atoms with Crippen molar-refractivity contribution in [2.24, 2.45) is 0 Å². The van der Waals surface area contributed by atoms with Gasteiger partial charge in [-0.2, -0.15) is 0 Å². The van der Waals surface area contributed by atoms with Crippen LogP contribution in [0.5, 0.6) is 0 Å². The van der Waals surface area contributed by atoms with Crippen LogP contribution in [0, 0.1) is 0 Å². The zero-order valence-corrected chi connectivity index (χ0v) is 14.0. The van der Waals surface area contributed by atoms with Gasteiger partial charge in [0.05, 0.1) is 0 Å². The maximum absolute atomic E-state index is 13.7. The molecule has 3 aromatic carbocycles. The maximum atomic E-state index is 13.7. The second-order valence-corrected chi connectivity index (χ2v) is 6.28. The van der Waals surface area contributed by atoms with Gasteiger partial charge in [0.25, 0.3) is 0 Å². The van der Waals surface area contributed by atoms with Crippen LogP contribution in [0.4, 0.5) is 5.69 Å². The Bertz CT molecular complexity index is 927. The van der Waals surface area contributed by atoms with E-state index in [2.05, 4.69) is 0 Å². The zero-order chi connectivity index (χ0) is 18.1. The van der Waals surface area contributed by atoms with Crippen molar-refractivity contribution in [3.63, 3.8) is 0 Å². The number of hydrogen-bond acceptors (Lipinski definition) is 2. The summed E-state index contributed by atoms with van der Waals surface area (Å²) in [6.07, 6.45) is 0. The number of carboxylic acids is 1. The van der Waals surface area contributed by atoms with E-state index in [9.17, 15) is 14.7 Å². The number of carboxylic acid groups (broad SMARTS) is 1. The monoisotopic (exact) mass is 343 g/mol. The molecule has 4 rings (SSSR count). The number of anilines is 1. The molecule has 1 aliphatic rings. The molecule has 0 saturated carbocycles. The molecule has 4 nitrogen and oxygen atoms in total. The number of carbonyl (C=O) groups is 2. The lowest BCUT2D eigenvalue weighted by molar-refractivity contribution is -0.136. The SMILES string of the molecule is O=C(O)CN1C(=O)C(c2ccccc2)(c2ccccc2)c2ccccc21. The predicted octanol–water partition coefficient (Wildman–Crippen LogP) is 3.45. The Kier molecular flexibility index (Phi) is 3.81. The molecule has 128 valence electrons. The molecule has 1 amide bonds. The van der Waals surface area contributed by atoms with Crippen LogP contribution in [0.15, 0.2) is 84.9 Å². The Hall–Kier alpha value is -3.40. The number of nitrogens with zero attached hydrogens (tertiary/aromatic N) is 1. The quantitative estimate of drug-likeness (QED) is 0.789. The van der Waals surface area contributed by atoms with Crippen LogP contribution < -0.4 is 4.90 Å². The number of aliphatic carboxylic acids is 1. The highest BCUT2D eigenvalue weighted by molar-refractivity contribution is 6.14. The standard InChI is InChI=1S/C22H17NO3/c24-20(25)15-23-19-14-8-7-13-18(19)22(21(23)26,16-9-3-1-4-10-16)17-11-5-2-6-12-17/h1-14H,15H2,(H,24,25). The molecule has 4 heteroatoms.